The van der Waals surface area contributed by atoms with E-state index in [9.17, 15) is 33.5 Å². The van der Waals surface area contributed by atoms with Gasteiger partial charge in [-0.25, -0.2) is 19.0 Å². The summed E-state index contributed by atoms with van der Waals surface area (Å²) in [5.41, 5.74) is 16.2. The molecule has 4 rings (SSSR count). The summed E-state index contributed by atoms with van der Waals surface area (Å²) in [6.45, 7) is 2.20. The van der Waals surface area contributed by atoms with Gasteiger partial charge in [-0.3, -0.25) is 14.4 Å². The number of ether oxygens (including phenoxy) is 1. The van der Waals surface area contributed by atoms with Gasteiger partial charge >= 0.3 is 11.9 Å². The average molecular weight is 581 g/mol. The number of carboxylic acid groups (broad SMARTS) is 1. The fraction of sp³-hybridized carbons (Fsp3) is 0.154. The number of carboxylic acids is 1. The Morgan fingerprint density at radius 2 is 1.74 bits per heavy atom. The number of fused-ring (bicyclic) bond motifs is 1. The molecule has 8 N–H and O–H groups in total. The van der Waals surface area contributed by atoms with Gasteiger partial charge in [0.25, 0.3) is 11.8 Å². The largest absolute Gasteiger partial charge is 0.477 e. The summed E-state index contributed by atoms with van der Waals surface area (Å²) in [7, 11) is 1.21. The second-order valence-electron chi connectivity index (χ2n) is 8.58. The lowest BCUT2D eigenvalue weighted by atomic mass is 10.0. The van der Waals surface area contributed by atoms with Crippen molar-refractivity contribution in [3.05, 3.63) is 93.7 Å². The number of methoxy groups -OCH3 is 1. The number of aromatic nitrogens is 4. The number of hydrogen-bond acceptors (Lipinski definition) is 10. The first-order valence-corrected chi connectivity index (χ1v) is 11.9. The molecule has 0 aliphatic carbocycles. The zero-order chi connectivity index (χ0) is 31.1. The molecule has 2 heterocycles. The normalized spacial score (nSPS) is 11.1. The number of aryl methyl sites for hydroxylation is 1. The van der Waals surface area contributed by atoms with Crippen molar-refractivity contribution in [2.45, 2.75) is 19.5 Å². The molecule has 0 saturated carbocycles. The number of nitrogens with two attached hydrogens (primary N) is 3. The summed E-state index contributed by atoms with van der Waals surface area (Å²) in [5, 5.41) is 18.7. The maximum atomic E-state index is 12.8. The number of halogens is 1. The maximum Gasteiger partial charge on any atom is 0.354 e. The fourth-order valence-corrected chi connectivity index (χ4v) is 3.59. The first-order chi connectivity index (χ1) is 19.9. The predicted octanol–water partition coefficient (Wildman–Crippen LogP) is 0.257. The number of primary amides is 2. The highest BCUT2D eigenvalue weighted by Gasteiger charge is 2.26. The molecule has 3 amide bonds. The van der Waals surface area contributed by atoms with Gasteiger partial charge in [-0.1, -0.05) is 29.5 Å². The number of benzene rings is 2. The summed E-state index contributed by atoms with van der Waals surface area (Å²) in [6, 6.07) is 9.93. The molecule has 0 bridgehead atoms. The number of hydrogen-bond donors (Lipinski definition) is 5. The minimum atomic E-state index is -1.49. The molecular weight excluding hydrogens is 555 g/mol. The van der Waals surface area contributed by atoms with Gasteiger partial charge in [0.05, 0.1) is 12.7 Å². The molecule has 15 nitrogen and oxygen atoms in total. The van der Waals surface area contributed by atoms with Crippen molar-refractivity contribution in [3.8, 4) is 0 Å². The first-order valence-electron chi connectivity index (χ1n) is 11.9. The molecule has 1 atom stereocenters. The number of amides is 3. The summed E-state index contributed by atoms with van der Waals surface area (Å²) in [6.07, 6.45) is 0. The second kappa shape index (κ2) is 13.1. The van der Waals surface area contributed by atoms with E-state index in [1.807, 2.05) is 0 Å². The number of carbonyl (C=O) groups is 5. The van der Waals surface area contributed by atoms with E-state index in [0.29, 0.717) is 12.1 Å². The molecule has 0 unspecified atom stereocenters. The molecule has 218 valence electrons. The fourth-order valence-electron chi connectivity index (χ4n) is 3.59. The minimum Gasteiger partial charge on any atom is -0.477 e. The van der Waals surface area contributed by atoms with Gasteiger partial charge in [-0.15, -0.1) is 5.10 Å². The van der Waals surface area contributed by atoms with Crippen molar-refractivity contribution in [3.63, 3.8) is 0 Å². The van der Waals surface area contributed by atoms with Gasteiger partial charge in [-0.2, -0.15) is 4.52 Å². The van der Waals surface area contributed by atoms with Gasteiger partial charge in [0.2, 0.25) is 5.91 Å². The summed E-state index contributed by atoms with van der Waals surface area (Å²) < 4.78 is 17.9. The maximum absolute atomic E-state index is 12.8. The van der Waals surface area contributed by atoms with Crippen LogP contribution in [-0.4, -0.2) is 61.7 Å². The van der Waals surface area contributed by atoms with Gasteiger partial charge < -0.3 is 32.4 Å². The van der Waals surface area contributed by atoms with E-state index in [1.54, 1.807) is 19.1 Å². The van der Waals surface area contributed by atoms with E-state index in [2.05, 4.69) is 25.3 Å². The third-order valence-corrected chi connectivity index (χ3v) is 5.74. The van der Waals surface area contributed by atoms with E-state index in [1.165, 1.54) is 37.4 Å². The van der Waals surface area contributed by atoms with E-state index < -0.39 is 52.8 Å². The monoisotopic (exact) mass is 580 g/mol. The predicted molar refractivity (Wildman–Crippen MR) is 142 cm³/mol. The average Bonchev–Trinajstić information content (AvgIpc) is 3.41. The number of nitrogens with one attached hydrogen (secondary N) is 1. The van der Waals surface area contributed by atoms with Crippen LogP contribution in [0.4, 0.5) is 4.39 Å². The van der Waals surface area contributed by atoms with Crippen molar-refractivity contribution in [2.24, 2.45) is 17.2 Å². The molecule has 4 aromatic rings. The lowest BCUT2D eigenvalue weighted by Gasteiger charge is -2.16. The number of esters is 1. The Bertz CT molecular complexity index is 1690. The number of nitrogens with zero attached hydrogens (tertiary/aromatic N) is 4. The molecule has 0 radical (unpaired) electrons. The molecule has 0 aliphatic rings. The van der Waals surface area contributed by atoms with Crippen LogP contribution in [0.1, 0.15) is 64.6 Å². The Morgan fingerprint density at radius 3 is 2.26 bits per heavy atom. The lowest BCUT2D eigenvalue weighted by molar-refractivity contribution is -0.120. The number of aromatic carboxylic acids is 1. The van der Waals surface area contributed by atoms with Crippen LogP contribution in [0.5, 0.6) is 0 Å². The van der Waals surface area contributed by atoms with Crippen molar-refractivity contribution < 1.29 is 38.2 Å². The van der Waals surface area contributed by atoms with Crippen LogP contribution in [-0.2, 0) is 16.1 Å². The number of carbonyl (C=O) groups excluding carboxylic acids is 4. The van der Waals surface area contributed by atoms with Crippen LogP contribution in [0.3, 0.4) is 0 Å². The van der Waals surface area contributed by atoms with Crippen LogP contribution in [0.2, 0.25) is 0 Å². The molecule has 42 heavy (non-hydrogen) atoms. The van der Waals surface area contributed by atoms with Gasteiger partial charge in [0.15, 0.2) is 17.0 Å². The molecule has 0 aliphatic heterocycles. The lowest BCUT2D eigenvalue weighted by Crippen LogP contribution is -2.38. The highest BCUT2D eigenvalue weighted by atomic mass is 19.1. The van der Waals surface area contributed by atoms with Gasteiger partial charge in [0.1, 0.15) is 17.6 Å². The van der Waals surface area contributed by atoms with Crippen molar-refractivity contribution >= 4 is 35.3 Å². The van der Waals surface area contributed by atoms with Crippen LogP contribution in [0.15, 0.2) is 48.5 Å². The van der Waals surface area contributed by atoms with Gasteiger partial charge in [-0.05, 0) is 41.8 Å². The smallest absolute Gasteiger partial charge is 0.354 e. The topological polar surface area (TPSA) is 248 Å². The quantitative estimate of drug-likeness (QED) is 0.177. The highest BCUT2D eigenvalue weighted by molar-refractivity contribution is 6.01. The van der Waals surface area contributed by atoms with E-state index in [4.69, 9.17) is 17.2 Å². The van der Waals surface area contributed by atoms with Crippen LogP contribution >= 0.6 is 0 Å². The Hall–Kier alpha value is -5.77. The third-order valence-electron chi connectivity index (χ3n) is 5.74. The van der Waals surface area contributed by atoms with Crippen molar-refractivity contribution in [1.29, 1.82) is 0 Å². The Morgan fingerprint density at radius 1 is 1.07 bits per heavy atom. The Balaban J connectivity index is 0.000000408. The molecule has 0 fully saturated rings. The number of rotatable bonds is 8. The van der Waals surface area contributed by atoms with Crippen LogP contribution in [0, 0.1) is 12.7 Å². The minimum absolute atomic E-state index is 0.169. The highest BCUT2D eigenvalue weighted by Crippen LogP contribution is 2.17. The zero-order valence-electron chi connectivity index (χ0n) is 22.2. The van der Waals surface area contributed by atoms with Crippen molar-refractivity contribution in [1.82, 2.24) is 25.1 Å². The molecule has 2 aromatic carbocycles. The van der Waals surface area contributed by atoms with Crippen LogP contribution < -0.4 is 22.5 Å². The first kappa shape index (κ1) is 30.8. The van der Waals surface area contributed by atoms with Crippen LogP contribution in [0.25, 0.3) is 5.65 Å². The molecule has 2 aromatic heterocycles. The third kappa shape index (κ3) is 6.86. The van der Waals surface area contributed by atoms with E-state index >= 15 is 0 Å². The standard InChI is InChI=1S/C18H15N7O7.C8H10FN/c1-32-18(31)8-4-2-7(3-5-8)11(13(19)26)22-16(28)9-6-10(17(29)30)25-15(21-9)12(14(20)27)23-24-25;1-6-4-7(5-10)2-3-8(6)9/h2-6,11H,1H3,(H2,19,26)(H2,20,27)(H,22,28)(H,29,30);2-4H,5,10H2,1H3/t11-;/m1./s1. The second-order valence-corrected chi connectivity index (χ2v) is 8.58. The van der Waals surface area contributed by atoms with E-state index in [0.717, 1.165) is 16.1 Å². The molecule has 0 spiro atoms. The summed E-state index contributed by atoms with van der Waals surface area (Å²) >= 11 is 0. The molecular formula is C26H25FN8O7. The summed E-state index contributed by atoms with van der Waals surface area (Å²) in [5.74, 6) is -5.22. The molecule has 16 heteroatoms. The Labute approximate surface area is 236 Å². The van der Waals surface area contributed by atoms with Crippen molar-refractivity contribution in [2.75, 3.05) is 7.11 Å². The van der Waals surface area contributed by atoms with E-state index in [-0.39, 0.29) is 22.6 Å². The summed E-state index contributed by atoms with van der Waals surface area (Å²) in [4.78, 5) is 63.2. The van der Waals surface area contributed by atoms with Gasteiger partial charge in [0, 0.05) is 12.6 Å². The SMILES string of the molecule is COC(=O)c1ccc([C@@H](NC(=O)c2cc(C(=O)O)n3nnc(C(N)=O)c3n2)C(N)=O)cc1.Cc1cc(CN)ccc1F. The Kier molecular flexibility index (Phi) is 9.56. The zero-order valence-corrected chi connectivity index (χ0v) is 22.2. The molecule has 0 saturated heterocycles.